The Balaban J connectivity index is 1.79. The molecule has 0 radical (unpaired) electrons. The number of carbonyl (C=O) groups excluding carboxylic acids is 4. The van der Waals surface area contributed by atoms with E-state index in [0.29, 0.717) is 19.4 Å². The summed E-state index contributed by atoms with van der Waals surface area (Å²) in [7, 11) is 0. The monoisotopic (exact) mass is 677 g/mol. The smallest absolute Gasteiger partial charge is 0.327 e. The van der Waals surface area contributed by atoms with E-state index in [1.165, 1.54) is 17.2 Å². The average molecular weight is 678 g/mol. The van der Waals surface area contributed by atoms with Crippen molar-refractivity contribution in [3.63, 3.8) is 0 Å². The van der Waals surface area contributed by atoms with E-state index < -0.39 is 59.3 Å². The van der Waals surface area contributed by atoms with E-state index in [0.717, 1.165) is 11.1 Å². The van der Waals surface area contributed by atoms with Crippen LogP contribution in [0.3, 0.4) is 0 Å². The van der Waals surface area contributed by atoms with Crippen LogP contribution in [0.1, 0.15) is 57.1 Å². The van der Waals surface area contributed by atoms with Gasteiger partial charge < -0.3 is 43.2 Å². The Morgan fingerprint density at radius 2 is 1.37 bits per heavy atom. The molecule has 0 aliphatic carbocycles. The van der Waals surface area contributed by atoms with Crippen LogP contribution in [0.5, 0.6) is 0 Å². The molecule has 1 heterocycles. The lowest BCUT2D eigenvalue weighted by Crippen LogP contribution is -2.59. The predicted molar refractivity (Wildman–Crippen MR) is 186 cm³/mol. The third-order valence-corrected chi connectivity index (χ3v) is 8.45. The van der Waals surface area contributed by atoms with Crippen LogP contribution in [0, 0.1) is 5.92 Å². The third kappa shape index (κ3) is 12.1. The number of nitrogens with zero attached hydrogens (tertiary/aromatic N) is 1. The molecule has 3 rings (SSSR count). The maximum atomic E-state index is 13.8. The number of nitrogens with two attached hydrogens (primary N) is 3. The van der Waals surface area contributed by atoms with E-state index in [2.05, 4.69) is 16.0 Å². The molecular formula is C36H51N7O6. The van der Waals surface area contributed by atoms with Crippen molar-refractivity contribution < 1.29 is 29.1 Å². The van der Waals surface area contributed by atoms with Gasteiger partial charge >= 0.3 is 5.97 Å². The fourth-order valence-corrected chi connectivity index (χ4v) is 5.54. The van der Waals surface area contributed by atoms with Crippen LogP contribution in [0.15, 0.2) is 72.9 Å². The van der Waals surface area contributed by atoms with Gasteiger partial charge in [0.05, 0.1) is 6.04 Å². The molecule has 2 aromatic rings. The van der Waals surface area contributed by atoms with E-state index in [-0.39, 0.29) is 44.6 Å². The minimum Gasteiger partial charge on any atom is -0.480 e. The zero-order valence-corrected chi connectivity index (χ0v) is 28.3. The van der Waals surface area contributed by atoms with Gasteiger partial charge in [-0.2, -0.15) is 0 Å². The zero-order valence-electron chi connectivity index (χ0n) is 28.3. The Morgan fingerprint density at radius 3 is 1.90 bits per heavy atom. The van der Waals surface area contributed by atoms with Gasteiger partial charge in [0.1, 0.15) is 23.7 Å². The molecule has 0 spiro atoms. The summed E-state index contributed by atoms with van der Waals surface area (Å²) < 4.78 is 0. The summed E-state index contributed by atoms with van der Waals surface area (Å²) in [5, 5.41) is 17.9. The Bertz CT molecular complexity index is 1440. The summed E-state index contributed by atoms with van der Waals surface area (Å²) in [6, 6.07) is 14.6. The maximum absolute atomic E-state index is 13.8. The minimum atomic E-state index is -1.58. The SMILES string of the molecule is CC(C)C[C@@H](NC(=O)[C@@H](Cc1ccccc1)NC(=O)[C@H](N)Cc1ccccc1)C(=O)N[C@H](CCCCN)C(=O)N1C=CC(N)(C(=O)O)CC1. The number of aliphatic carboxylic acids is 1. The van der Waals surface area contributed by atoms with Gasteiger partial charge in [-0.15, -0.1) is 0 Å². The van der Waals surface area contributed by atoms with Crippen LogP contribution in [-0.2, 0) is 36.8 Å². The molecule has 4 amide bonds. The minimum absolute atomic E-state index is 0.00357. The molecule has 0 aromatic heterocycles. The number of carbonyl (C=O) groups is 5. The number of unbranched alkanes of at least 4 members (excludes halogenated alkanes) is 1. The summed E-state index contributed by atoms with van der Waals surface area (Å²) in [6.45, 7) is 4.27. The van der Waals surface area contributed by atoms with Gasteiger partial charge in [0.2, 0.25) is 23.6 Å². The molecule has 5 atom stereocenters. The number of amides is 4. The number of benzene rings is 2. The standard InChI is InChI=1S/C36H51N7O6/c1-24(2)21-29(32(45)40-28(15-9-10-18-37)34(47)43-19-16-36(39,17-20-43)35(48)49)42-33(46)30(23-26-13-7-4-8-14-26)41-31(44)27(38)22-25-11-5-3-6-12-25/h3-8,11-14,16,19,24,27-30H,9-10,15,17-18,20-23,37-39H2,1-2H3,(H,40,45)(H,41,44)(H,42,46)(H,48,49)/t27-,28-,29-,30-,36?/m1/s1. The molecule has 13 heteroatoms. The predicted octanol–water partition coefficient (Wildman–Crippen LogP) is 0.957. The summed E-state index contributed by atoms with van der Waals surface area (Å²) >= 11 is 0. The number of hydrogen-bond acceptors (Lipinski definition) is 8. The topological polar surface area (TPSA) is 223 Å². The second-order valence-corrected chi connectivity index (χ2v) is 13.0. The first-order chi connectivity index (χ1) is 23.3. The van der Waals surface area contributed by atoms with Crippen LogP contribution < -0.4 is 33.2 Å². The highest BCUT2D eigenvalue weighted by atomic mass is 16.4. The Labute approximate surface area is 288 Å². The van der Waals surface area contributed by atoms with E-state index in [9.17, 15) is 29.1 Å². The lowest BCUT2D eigenvalue weighted by molar-refractivity contribution is -0.143. The van der Waals surface area contributed by atoms with Gasteiger partial charge in [0, 0.05) is 19.2 Å². The molecule has 1 aliphatic rings. The summed E-state index contributed by atoms with van der Waals surface area (Å²) in [5.41, 5.74) is 17.9. The molecular weight excluding hydrogens is 626 g/mol. The molecule has 1 aliphatic heterocycles. The first-order valence-electron chi connectivity index (χ1n) is 16.8. The average Bonchev–Trinajstić information content (AvgIpc) is 3.07. The van der Waals surface area contributed by atoms with Crippen LogP contribution in [0.25, 0.3) is 0 Å². The molecule has 49 heavy (non-hydrogen) atoms. The molecule has 0 saturated carbocycles. The molecule has 2 aromatic carbocycles. The van der Waals surface area contributed by atoms with Crippen LogP contribution >= 0.6 is 0 Å². The van der Waals surface area contributed by atoms with Crippen molar-refractivity contribution in [2.24, 2.45) is 23.1 Å². The van der Waals surface area contributed by atoms with E-state index in [1.807, 2.05) is 74.5 Å². The van der Waals surface area contributed by atoms with Crippen LogP contribution in [-0.4, -0.2) is 82.4 Å². The largest absolute Gasteiger partial charge is 0.480 e. The molecule has 1 unspecified atom stereocenters. The first kappa shape index (κ1) is 38.9. The van der Waals surface area contributed by atoms with Crippen molar-refractivity contribution in [2.75, 3.05) is 13.1 Å². The summed E-state index contributed by atoms with van der Waals surface area (Å²) in [4.78, 5) is 67.4. The fraction of sp³-hybridized carbons (Fsp3) is 0.472. The summed E-state index contributed by atoms with van der Waals surface area (Å²) in [6.07, 6.45) is 4.77. The normalized spacial score (nSPS) is 18.2. The van der Waals surface area contributed by atoms with Crippen LogP contribution in [0.2, 0.25) is 0 Å². The molecule has 0 saturated heterocycles. The Hall–Kier alpha value is -4.59. The van der Waals surface area contributed by atoms with Gasteiger partial charge in [-0.1, -0.05) is 74.5 Å². The Morgan fingerprint density at radius 1 is 0.816 bits per heavy atom. The van der Waals surface area contributed by atoms with Crippen molar-refractivity contribution in [2.45, 2.75) is 88.5 Å². The lowest BCUT2D eigenvalue weighted by atomic mass is 9.93. The maximum Gasteiger partial charge on any atom is 0.327 e. The van der Waals surface area contributed by atoms with Crippen molar-refractivity contribution in [1.82, 2.24) is 20.9 Å². The van der Waals surface area contributed by atoms with Crippen LogP contribution in [0.4, 0.5) is 0 Å². The number of carboxylic acid groups (broad SMARTS) is 1. The highest BCUT2D eigenvalue weighted by Crippen LogP contribution is 2.19. The zero-order chi connectivity index (χ0) is 36.0. The number of carboxylic acids is 1. The first-order valence-corrected chi connectivity index (χ1v) is 16.8. The molecule has 0 bridgehead atoms. The molecule has 13 nitrogen and oxygen atoms in total. The van der Waals surface area contributed by atoms with E-state index in [1.54, 1.807) is 0 Å². The quantitative estimate of drug-likeness (QED) is 0.111. The van der Waals surface area contributed by atoms with E-state index >= 15 is 0 Å². The lowest BCUT2D eigenvalue weighted by Gasteiger charge is -2.33. The Kier molecular flexibility index (Phi) is 14.9. The van der Waals surface area contributed by atoms with Gasteiger partial charge in [0.25, 0.3) is 0 Å². The number of hydrogen-bond donors (Lipinski definition) is 7. The third-order valence-electron chi connectivity index (χ3n) is 8.45. The van der Waals surface area contributed by atoms with Crippen molar-refractivity contribution >= 4 is 29.6 Å². The van der Waals surface area contributed by atoms with Gasteiger partial charge in [-0.05, 0) is 68.2 Å². The highest BCUT2D eigenvalue weighted by molar-refractivity contribution is 5.95. The molecule has 266 valence electrons. The highest BCUT2D eigenvalue weighted by Gasteiger charge is 2.37. The van der Waals surface area contributed by atoms with E-state index in [4.69, 9.17) is 17.2 Å². The van der Waals surface area contributed by atoms with Crippen molar-refractivity contribution in [3.05, 3.63) is 84.1 Å². The van der Waals surface area contributed by atoms with Crippen molar-refractivity contribution in [1.29, 1.82) is 0 Å². The van der Waals surface area contributed by atoms with Gasteiger partial charge in [0.15, 0.2) is 0 Å². The molecule has 10 N–H and O–H groups in total. The number of rotatable bonds is 18. The van der Waals surface area contributed by atoms with Gasteiger partial charge in [-0.3, -0.25) is 19.2 Å². The second kappa shape index (κ2) is 18.8. The fourth-order valence-electron chi connectivity index (χ4n) is 5.54. The molecule has 0 fully saturated rings. The second-order valence-electron chi connectivity index (χ2n) is 13.0. The summed E-state index contributed by atoms with van der Waals surface area (Å²) in [5.74, 6) is -3.26. The number of nitrogens with one attached hydrogen (secondary N) is 3. The van der Waals surface area contributed by atoms with Crippen molar-refractivity contribution in [3.8, 4) is 0 Å². The van der Waals surface area contributed by atoms with Gasteiger partial charge in [-0.25, -0.2) is 4.79 Å².